The maximum atomic E-state index is 12.5. The summed E-state index contributed by atoms with van der Waals surface area (Å²) in [5.74, 6) is 0.0916. The molecule has 0 aliphatic carbocycles. The highest BCUT2D eigenvalue weighted by Crippen LogP contribution is 2.23. The van der Waals surface area contributed by atoms with E-state index in [4.69, 9.17) is 0 Å². The number of aromatic nitrogens is 1. The highest BCUT2D eigenvalue weighted by atomic mass is 16.3. The highest BCUT2D eigenvalue weighted by molar-refractivity contribution is 5.94. The maximum Gasteiger partial charge on any atom is 0.255 e. The smallest absolute Gasteiger partial charge is 0.255 e. The van der Waals surface area contributed by atoms with Crippen LogP contribution in [0.25, 0.3) is 0 Å². The SMILES string of the molecule is CC1CCC(CO)CN1C(=O)c1ccc(=O)n(C)c1. The molecule has 1 aromatic rings. The van der Waals surface area contributed by atoms with Crippen molar-refractivity contribution in [2.75, 3.05) is 13.2 Å². The van der Waals surface area contributed by atoms with Crippen LogP contribution in [0.1, 0.15) is 30.1 Å². The standard InChI is InChI=1S/C14H20N2O3/c1-10-3-4-11(9-17)7-16(10)14(19)12-5-6-13(18)15(2)8-12/h5-6,8,10-11,17H,3-4,7,9H2,1-2H3. The molecule has 1 N–H and O–H groups in total. The molecule has 0 radical (unpaired) electrons. The lowest BCUT2D eigenvalue weighted by Crippen LogP contribution is -2.46. The van der Waals surface area contributed by atoms with Crippen LogP contribution in [-0.2, 0) is 7.05 Å². The van der Waals surface area contributed by atoms with Crippen molar-refractivity contribution >= 4 is 5.91 Å². The van der Waals surface area contributed by atoms with E-state index in [1.54, 1.807) is 24.2 Å². The molecule has 1 fully saturated rings. The van der Waals surface area contributed by atoms with Crippen LogP contribution in [0.5, 0.6) is 0 Å². The van der Waals surface area contributed by atoms with Gasteiger partial charge in [-0.2, -0.15) is 0 Å². The van der Waals surface area contributed by atoms with Crippen LogP contribution in [0.15, 0.2) is 23.1 Å². The van der Waals surface area contributed by atoms with Crippen molar-refractivity contribution < 1.29 is 9.90 Å². The number of likely N-dealkylation sites (tertiary alicyclic amines) is 1. The van der Waals surface area contributed by atoms with Crippen molar-refractivity contribution in [3.8, 4) is 0 Å². The summed E-state index contributed by atoms with van der Waals surface area (Å²) in [5.41, 5.74) is 0.393. The van der Waals surface area contributed by atoms with Crippen LogP contribution in [0, 0.1) is 5.92 Å². The average Bonchev–Trinajstić information content (AvgIpc) is 2.41. The molecule has 1 amide bonds. The zero-order valence-electron chi connectivity index (χ0n) is 11.4. The molecular weight excluding hydrogens is 244 g/mol. The van der Waals surface area contributed by atoms with E-state index in [0.717, 1.165) is 12.8 Å². The number of aliphatic hydroxyl groups excluding tert-OH is 1. The molecule has 0 spiro atoms. The van der Waals surface area contributed by atoms with Gasteiger partial charge in [0.1, 0.15) is 0 Å². The predicted octanol–water partition coefficient (Wildman–Crippen LogP) is 0.618. The summed E-state index contributed by atoms with van der Waals surface area (Å²) in [7, 11) is 1.63. The molecule has 0 aromatic carbocycles. The van der Waals surface area contributed by atoms with Crippen LogP contribution < -0.4 is 5.56 Å². The molecule has 0 saturated carbocycles. The average molecular weight is 264 g/mol. The Morgan fingerprint density at radius 2 is 2.16 bits per heavy atom. The van der Waals surface area contributed by atoms with Crippen molar-refractivity contribution in [3.63, 3.8) is 0 Å². The molecule has 1 aliphatic rings. The van der Waals surface area contributed by atoms with E-state index >= 15 is 0 Å². The highest BCUT2D eigenvalue weighted by Gasteiger charge is 2.29. The lowest BCUT2D eigenvalue weighted by Gasteiger charge is -2.37. The van der Waals surface area contributed by atoms with E-state index in [0.29, 0.717) is 12.1 Å². The quantitative estimate of drug-likeness (QED) is 0.851. The third kappa shape index (κ3) is 2.87. The number of piperidine rings is 1. The first-order valence-electron chi connectivity index (χ1n) is 6.61. The zero-order valence-corrected chi connectivity index (χ0v) is 11.4. The first-order chi connectivity index (χ1) is 9.02. The van der Waals surface area contributed by atoms with Crippen LogP contribution in [0.4, 0.5) is 0 Å². The fourth-order valence-electron chi connectivity index (χ4n) is 2.50. The van der Waals surface area contributed by atoms with Gasteiger partial charge < -0.3 is 14.6 Å². The minimum Gasteiger partial charge on any atom is -0.396 e. The Morgan fingerprint density at radius 3 is 2.79 bits per heavy atom. The molecule has 5 heteroatoms. The normalized spacial score (nSPS) is 23.4. The summed E-state index contributed by atoms with van der Waals surface area (Å²) in [4.78, 5) is 25.6. The van der Waals surface area contributed by atoms with Gasteiger partial charge in [0, 0.05) is 38.5 Å². The Kier molecular flexibility index (Phi) is 4.04. The molecular formula is C14H20N2O3. The largest absolute Gasteiger partial charge is 0.396 e. The Morgan fingerprint density at radius 1 is 1.42 bits per heavy atom. The number of amides is 1. The number of carbonyl (C=O) groups excluding carboxylic acids is 1. The van der Waals surface area contributed by atoms with Gasteiger partial charge in [0.2, 0.25) is 5.56 Å². The van der Waals surface area contributed by atoms with E-state index in [1.165, 1.54) is 10.6 Å². The van der Waals surface area contributed by atoms with Gasteiger partial charge >= 0.3 is 0 Å². The molecule has 1 aliphatic heterocycles. The van der Waals surface area contributed by atoms with Crippen molar-refractivity contribution in [2.24, 2.45) is 13.0 Å². The number of aliphatic hydroxyl groups is 1. The lowest BCUT2D eigenvalue weighted by molar-refractivity contribution is 0.0488. The van der Waals surface area contributed by atoms with Gasteiger partial charge in [-0.25, -0.2) is 0 Å². The van der Waals surface area contributed by atoms with Gasteiger partial charge in [-0.3, -0.25) is 9.59 Å². The van der Waals surface area contributed by atoms with Crippen LogP contribution in [-0.4, -0.2) is 39.7 Å². The molecule has 2 unspecified atom stereocenters. The summed E-state index contributed by atoms with van der Waals surface area (Å²) in [5, 5.41) is 9.24. The molecule has 1 aromatic heterocycles. The molecule has 1 saturated heterocycles. The topological polar surface area (TPSA) is 62.5 Å². The molecule has 2 rings (SSSR count). The van der Waals surface area contributed by atoms with E-state index < -0.39 is 0 Å². The van der Waals surface area contributed by atoms with Crippen molar-refractivity contribution in [1.82, 2.24) is 9.47 Å². The van der Waals surface area contributed by atoms with Gasteiger partial charge in [0.15, 0.2) is 0 Å². The Bertz CT molecular complexity index is 524. The van der Waals surface area contributed by atoms with Crippen molar-refractivity contribution in [2.45, 2.75) is 25.8 Å². The van der Waals surface area contributed by atoms with Crippen LogP contribution >= 0.6 is 0 Å². The van der Waals surface area contributed by atoms with E-state index in [9.17, 15) is 14.7 Å². The number of carbonyl (C=O) groups is 1. The third-order valence-corrected chi connectivity index (χ3v) is 3.83. The molecule has 5 nitrogen and oxygen atoms in total. The number of hydrogen-bond acceptors (Lipinski definition) is 3. The summed E-state index contributed by atoms with van der Waals surface area (Å²) >= 11 is 0. The van der Waals surface area contributed by atoms with Gasteiger partial charge in [-0.1, -0.05) is 0 Å². The van der Waals surface area contributed by atoms with Crippen LogP contribution in [0.2, 0.25) is 0 Å². The van der Waals surface area contributed by atoms with E-state index in [-0.39, 0.29) is 30.0 Å². The first kappa shape index (κ1) is 13.8. The van der Waals surface area contributed by atoms with Gasteiger partial charge in [0.25, 0.3) is 5.91 Å². The number of hydrogen-bond donors (Lipinski definition) is 1. The van der Waals surface area contributed by atoms with Crippen molar-refractivity contribution in [3.05, 3.63) is 34.2 Å². The maximum absolute atomic E-state index is 12.5. The van der Waals surface area contributed by atoms with E-state index in [2.05, 4.69) is 0 Å². The zero-order chi connectivity index (χ0) is 14.0. The molecule has 2 heterocycles. The fourth-order valence-corrected chi connectivity index (χ4v) is 2.50. The van der Waals surface area contributed by atoms with E-state index in [1.807, 2.05) is 6.92 Å². The Labute approximate surface area is 112 Å². The Balaban J connectivity index is 2.21. The van der Waals surface area contributed by atoms with Gasteiger partial charge in [-0.15, -0.1) is 0 Å². The van der Waals surface area contributed by atoms with Crippen LogP contribution in [0.3, 0.4) is 0 Å². The second-order valence-corrected chi connectivity index (χ2v) is 5.30. The summed E-state index contributed by atoms with van der Waals surface area (Å²) in [6.07, 6.45) is 3.43. The van der Waals surface area contributed by atoms with Gasteiger partial charge in [0.05, 0.1) is 5.56 Å². The second-order valence-electron chi connectivity index (χ2n) is 5.30. The predicted molar refractivity (Wildman–Crippen MR) is 72.0 cm³/mol. The molecule has 2 atom stereocenters. The minimum atomic E-state index is -0.128. The minimum absolute atomic E-state index is 0.0683. The summed E-state index contributed by atoms with van der Waals surface area (Å²) in [6.45, 7) is 2.72. The van der Waals surface area contributed by atoms with Crippen molar-refractivity contribution in [1.29, 1.82) is 0 Å². The number of pyridine rings is 1. The number of nitrogens with zero attached hydrogens (tertiary/aromatic N) is 2. The molecule has 0 bridgehead atoms. The molecule has 19 heavy (non-hydrogen) atoms. The summed E-state index contributed by atoms with van der Waals surface area (Å²) in [6, 6.07) is 3.15. The van der Waals surface area contributed by atoms with Gasteiger partial charge in [-0.05, 0) is 31.7 Å². The first-order valence-corrected chi connectivity index (χ1v) is 6.61. The number of aryl methyl sites for hydroxylation is 1. The number of rotatable bonds is 2. The Hall–Kier alpha value is -1.62. The summed E-state index contributed by atoms with van der Waals surface area (Å²) < 4.78 is 1.41. The lowest BCUT2D eigenvalue weighted by atomic mass is 9.93. The monoisotopic (exact) mass is 264 g/mol. The fraction of sp³-hybridized carbons (Fsp3) is 0.571. The second kappa shape index (κ2) is 5.57. The molecule has 104 valence electrons. The third-order valence-electron chi connectivity index (χ3n) is 3.83.